The van der Waals surface area contributed by atoms with Crippen molar-refractivity contribution >= 4 is 37.8 Å². The zero-order chi connectivity index (χ0) is 14.6. The number of fused-ring (bicyclic) bond motifs is 1. The number of ether oxygens (including phenoxy) is 2. The number of carbonyl (C=O) groups is 1. The minimum Gasteiger partial charge on any atom is -0.486 e. The summed E-state index contributed by atoms with van der Waals surface area (Å²) in [6, 6.07) is 5.26. The van der Waals surface area contributed by atoms with Crippen molar-refractivity contribution in [1.29, 1.82) is 0 Å². The molecular formula is C14H17Br2NO3. The van der Waals surface area contributed by atoms with Crippen molar-refractivity contribution in [3.63, 3.8) is 0 Å². The number of amides is 1. The fourth-order valence-electron chi connectivity index (χ4n) is 1.88. The number of halogens is 2. The van der Waals surface area contributed by atoms with E-state index in [-0.39, 0.29) is 11.4 Å². The first-order chi connectivity index (χ1) is 9.64. The summed E-state index contributed by atoms with van der Waals surface area (Å²) in [5.41, 5.74) is 0.290. The third-order valence-electron chi connectivity index (χ3n) is 3.37. The van der Waals surface area contributed by atoms with E-state index in [4.69, 9.17) is 9.47 Å². The summed E-state index contributed by atoms with van der Waals surface area (Å²) in [6.45, 7) is 3.11. The van der Waals surface area contributed by atoms with Crippen LogP contribution < -0.4 is 14.8 Å². The maximum atomic E-state index is 12.4. The van der Waals surface area contributed by atoms with Crippen molar-refractivity contribution in [1.82, 2.24) is 5.32 Å². The Labute approximate surface area is 135 Å². The van der Waals surface area contributed by atoms with Gasteiger partial charge in [0.25, 0.3) is 5.91 Å². The molecular weight excluding hydrogens is 390 g/mol. The third kappa shape index (κ3) is 3.28. The molecule has 0 unspecified atom stereocenters. The Bertz CT molecular complexity index is 481. The predicted molar refractivity (Wildman–Crippen MR) is 85.5 cm³/mol. The van der Waals surface area contributed by atoms with E-state index < -0.39 is 0 Å². The highest BCUT2D eigenvalue weighted by Crippen LogP contribution is 2.31. The quantitative estimate of drug-likeness (QED) is 0.764. The Hall–Kier alpha value is -0.750. The van der Waals surface area contributed by atoms with Gasteiger partial charge in [-0.2, -0.15) is 0 Å². The fraction of sp³-hybridized carbons (Fsp3) is 0.500. The van der Waals surface area contributed by atoms with E-state index in [1.54, 1.807) is 18.2 Å². The maximum Gasteiger partial charge on any atom is 0.251 e. The van der Waals surface area contributed by atoms with Crippen molar-refractivity contribution in [3.05, 3.63) is 23.8 Å². The van der Waals surface area contributed by atoms with Crippen molar-refractivity contribution in [3.8, 4) is 11.5 Å². The highest BCUT2D eigenvalue weighted by atomic mass is 79.9. The minimum absolute atomic E-state index is 0.109. The number of nitrogens with one attached hydrogen (secondary N) is 1. The van der Waals surface area contributed by atoms with Gasteiger partial charge in [0.1, 0.15) is 13.2 Å². The molecule has 0 radical (unpaired) electrons. The number of hydrogen-bond donors (Lipinski definition) is 1. The standard InChI is InChI=1S/C14H17Br2NO3/c1-2-14(8-15,9-16)17-13(18)10-3-4-11-12(7-10)20-6-5-19-11/h3-4,7H,2,5-6,8-9H2,1H3,(H,17,18). The Balaban J connectivity index is 2.17. The highest BCUT2D eigenvalue weighted by molar-refractivity contribution is 9.09. The molecule has 0 saturated heterocycles. The molecule has 6 heteroatoms. The second-order valence-electron chi connectivity index (χ2n) is 4.71. The van der Waals surface area contributed by atoms with Crippen molar-refractivity contribution in [2.45, 2.75) is 18.9 Å². The molecule has 0 fully saturated rings. The van der Waals surface area contributed by atoms with Gasteiger partial charge in [0, 0.05) is 16.2 Å². The molecule has 0 bridgehead atoms. The van der Waals surface area contributed by atoms with Crippen LogP contribution in [-0.2, 0) is 0 Å². The number of benzene rings is 1. The third-order valence-corrected chi connectivity index (χ3v) is 5.52. The molecule has 1 amide bonds. The van der Waals surface area contributed by atoms with Gasteiger partial charge in [-0.05, 0) is 24.6 Å². The number of alkyl halides is 2. The molecule has 2 rings (SSSR count). The maximum absolute atomic E-state index is 12.4. The number of hydrogen-bond acceptors (Lipinski definition) is 3. The molecule has 1 heterocycles. The van der Waals surface area contributed by atoms with Gasteiger partial charge in [-0.1, -0.05) is 38.8 Å². The van der Waals surface area contributed by atoms with Gasteiger partial charge >= 0.3 is 0 Å². The first-order valence-corrected chi connectivity index (χ1v) is 8.72. The van der Waals surface area contributed by atoms with Crippen LogP contribution in [0.5, 0.6) is 11.5 Å². The Kier molecular flexibility index (Phi) is 5.32. The Morgan fingerprint density at radius 3 is 2.50 bits per heavy atom. The molecule has 110 valence electrons. The fourth-order valence-corrected chi connectivity index (χ4v) is 3.88. The van der Waals surface area contributed by atoms with Crippen LogP contribution in [0.2, 0.25) is 0 Å². The first kappa shape index (κ1) is 15.6. The van der Waals surface area contributed by atoms with Gasteiger partial charge in [0.15, 0.2) is 11.5 Å². The van der Waals surface area contributed by atoms with E-state index in [0.29, 0.717) is 40.9 Å². The van der Waals surface area contributed by atoms with Gasteiger partial charge in [-0.3, -0.25) is 4.79 Å². The van der Waals surface area contributed by atoms with Gasteiger partial charge in [-0.25, -0.2) is 0 Å². The molecule has 1 N–H and O–H groups in total. The molecule has 0 atom stereocenters. The molecule has 0 aromatic heterocycles. The van der Waals surface area contributed by atoms with Crippen LogP contribution in [-0.4, -0.2) is 35.3 Å². The van der Waals surface area contributed by atoms with Crippen molar-refractivity contribution in [2.24, 2.45) is 0 Å². The first-order valence-electron chi connectivity index (χ1n) is 6.48. The Morgan fingerprint density at radius 1 is 1.25 bits per heavy atom. The van der Waals surface area contributed by atoms with E-state index >= 15 is 0 Å². The summed E-state index contributed by atoms with van der Waals surface area (Å²) in [7, 11) is 0. The average Bonchev–Trinajstić information content (AvgIpc) is 2.52. The summed E-state index contributed by atoms with van der Waals surface area (Å²) < 4.78 is 11.0. The molecule has 1 aromatic carbocycles. The lowest BCUT2D eigenvalue weighted by atomic mass is 10.0. The van der Waals surface area contributed by atoms with E-state index in [1.165, 1.54) is 0 Å². The molecule has 0 aliphatic carbocycles. The van der Waals surface area contributed by atoms with E-state index in [0.717, 1.165) is 6.42 Å². The van der Waals surface area contributed by atoms with E-state index in [9.17, 15) is 4.79 Å². The van der Waals surface area contributed by atoms with E-state index in [2.05, 4.69) is 37.2 Å². The van der Waals surface area contributed by atoms with Crippen molar-refractivity contribution < 1.29 is 14.3 Å². The molecule has 4 nitrogen and oxygen atoms in total. The van der Waals surface area contributed by atoms with Crippen LogP contribution >= 0.6 is 31.9 Å². The Morgan fingerprint density at radius 2 is 1.90 bits per heavy atom. The van der Waals surface area contributed by atoms with Crippen LogP contribution in [0, 0.1) is 0 Å². The molecule has 1 aromatic rings. The van der Waals surface area contributed by atoms with Crippen LogP contribution in [0.15, 0.2) is 18.2 Å². The van der Waals surface area contributed by atoms with Crippen LogP contribution in [0.4, 0.5) is 0 Å². The SMILES string of the molecule is CCC(CBr)(CBr)NC(=O)c1ccc2c(c1)OCCO2. The van der Waals surface area contributed by atoms with Crippen LogP contribution in [0.25, 0.3) is 0 Å². The van der Waals surface area contributed by atoms with Gasteiger partial charge in [-0.15, -0.1) is 0 Å². The van der Waals surface area contributed by atoms with Crippen LogP contribution in [0.3, 0.4) is 0 Å². The molecule has 1 aliphatic rings. The van der Waals surface area contributed by atoms with Gasteiger partial charge in [0.2, 0.25) is 0 Å². The lowest BCUT2D eigenvalue weighted by Gasteiger charge is -2.30. The number of carbonyl (C=O) groups excluding carboxylic acids is 1. The normalized spacial score (nSPS) is 13.9. The zero-order valence-electron chi connectivity index (χ0n) is 11.2. The lowest BCUT2D eigenvalue weighted by molar-refractivity contribution is 0.0914. The van der Waals surface area contributed by atoms with Gasteiger partial charge < -0.3 is 14.8 Å². The lowest BCUT2D eigenvalue weighted by Crippen LogP contribution is -2.51. The van der Waals surface area contributed by atoms with Gasteiger partial charge in [0.05, 0.1) is 5.54 Å². The molecule has 20 heavy (non-hydrogen) atoms. The van der Waals surface area contributed by atoms with Crippen LogP contribution in [0.1, 0.15) is 23.7 Å². The summed E-state index contributed by atoms with van der Waals surface area (Å²) >= 11 is 6.93. The van der Waals surface area contributed by atoms with Crippen molar-refractivity contribution in [2.75, 3.05) is 23.9 Å². The summed E-state index contributed by atoms with van der Waals surface area (Å²) in [4.78, 5) is 12.4. The minimum atomic E-state index is -0.287. The second kappa shape index (κ2) is 6.80. The summed E-state index contributed by atoms with van der Waals surface area (Å²) in [6.07, 6.45) is 0.833. The second-order valence-corrected chi connectivity index (χ2v) is 5.84. The number of rotatable bonds is 5. The zero-order valence-corrected chi connectivity index (χ0v) is 14.4. The topological polar surface area (TPSA) is 47.6 Å². The smallest absolute Gasteiger partial charge is 0.251 e. The summed E-state index contributed by atoms with van der Waals surface area (Å²) in [5.74, 6) is 1.21. The molecule has 0 saturated carbocycles. The van der Waals surface area contributed by atoms with E-state index in [1.807, 2.05) is 6.92 Å². The monoisotopic (exact) mass is 405 g/mol. The predicted octanol–water partition coefficient (Wildman–Crippen LogP) is 3.13. The summed E-state index contributed by atoms with van der Waals surface area (Å²) in [5, 5.41) is 4.46. The molecule has 0 spiro atoms. The molecule has 1 aliphatic heterocycles. The average molecular weight is 407 g/mol. The largest absolute Gasteiger partial charge is 0.486 e. The highest BCUT2D eigenvalue weighted by Gasteiger charge is 2.28.